The van der Waals surface area contributed by atoms with Gasteiger partial charge in [0.25, 0.3) is 0 Å². The van der Waals surface area contributed by atoms with Crippen LogP contribution in [0, 0.1) is 16.7 Å². The van der Waals surface area contributed by atoms with Crippen LogP contribution in [0.1, 0.15) is 62.3 Å². The van der Waals surface area contributed by atoms with Crippen LogP contribution in [-0.4, -0.2) is 54.5 Å². The second-order valence-corrected chi connectivity index (χ2v) is 18.7. The lowest BCUT2D eigenvalue weighted by Gasteiger charge is -2.58. The van der Waals surface area contributed by atoms with Crippen LogP contribution in [0.15, 0.2) is 39.9 Å². The maximum absolute atomic E-state index is 14.1. The summed E-state index contributed by atoms with van der Waals surface area (Å²) in [5.41, 5.74) is -0.169. The lowest BCUT2D eigenvalue weighted by Crippen LogP contribution is -2.70. The summed E-state index contributed by atoms with van der Waals surface area (Å²) in [7, 11) is 1.43. The second kappa shape index (κ2) is 12.8. The predicted octanol–water partition coefficient (Wildman–Crippen LogP) is 7.01. The van der Waals surface area contributed by atoms with Gasteiger partial charge in [-0.3, -0.25) is 14.5 Å². The van der Waals surface area contributed by atoms with Gasteiger partial charge in [-0.2, -0.15) is 0 Å². The van der Waals surface area contributed by atoms with Crippen LogP contribution in [0.25, 0.3) is 10.2 Å². The molecule has 8 nitrogen and oxygen atoms in total. The number of fused-ring (bicyclic) bond motifs is 1. The molecule has 0 spiro atoms. The van der Waals surface area contributed by atoms with Crippen molar-refractivity contribution in [2.45, 2.75) is 90.7 Å². The molecule has 0 bridgehead atoms. The van der Waals surface area contributed by atoms with E-state index in [1.165, 1.54) is 26.5 Å². The Kier molecular flexibility index (Phi) is 10.5. The van der Waals surface area contributed by atoms with Crippen molar-refractivity contribution in [1.29, 1.82) is 0 Å². The molecule has 41 heavy (non-hydrogen) atoms. The van der Waals surface area contributed by atoms with Crippen LogP contribution in [0.2, 0.25) is 13.1 Å². The zero-order valence-corrected chi connectivity index (χ0v) is 29.4. The van der Waals surface area contributed by atoms with E-state index < -0.39 is 50.1 Å². The Morgan fingerprint density at radius 2 is 1.68 bits per heavy atom. The van der Waals surface area contributed by atoms with E-state index in [2.05, 4.69) is 33.9 Å². The standard InChI is InChI=1S/C29H42N2O6S3Si/c1-17(2)21(24(33)35-16-36-25(34)27(3,4)5)31-22(32)20(29(9,28(6,7)8)37-41(10)11)23(31)39-40-26-30-18-14-12-13-15-19(18)38-26/h12-15,20,23,41H,16H2,1-11H3/t20-,23-,29+/m1/s1. The van der Waals surface area contributed by atoms with Gasteiger partial charge in [0.05, 0.1) is 27.2 Å². The minimum absolute atomic E-state index is 0.151. The van der Waals surface area contributed by atoms with Gasteiger partial charge in [0, 0.05) is 0 Å². The van der Waals surface area contributed by atoms with Crippen LogP contribution in [0.5, 0.6) is 0 Å². The van der Waals surface area contributed by atoms with Gasteiger partial charge >= 0.3 is 11.9 Å². The number of esters is 2. The highest BCUT2D eigenvalue weighted by atomic mass is 33.1. The molecule has 12 heteroatoms. The Hall–Kier alpha value is -1.86. The Bertz CT molecular complexity index is 1290. The van der Waals surface area contributed by atoms with Crippen molar-refractivity contribution in [2.75, 3.05) is 6.79 Å². The number of carbonyl (C=O) groups is 3. The van der Waals surface area contributed by atoms with E-state index in [-0.39, 0.29) is 17.0 Å². The monoisotopic (exact) mass is 638 g/mol. The van der Waals surface area contributed by atoms with Gasteiger partial charge in [0.1, 0.15) is 11.1 Å². The van der Waals surface area contributed by atoms with Gasteiger partial charge in [0.15, 0.2) is 13.4 Å². The summed E-state index contributed by atoms with van der Waals surface area (Å²) in [6, 6.07) is 7.95. The van der Waals surface area contributed by atoms with E-state index in [0.29, 0.717) is 5.57 Å². The topological polar surface area (TPSA) is 95.0 Å². The quantitative estimate of drug-likeness (QED) is 0.0680. The van der Waals surface area contributed by atoms with Gasteiger partial charge in [0.2, 0.25) is 12.7 Å². The van der Waals surface area contributed by atoms with Crippen LogP contribution in [0.3, 0.4) is 0 Å². The van der Waals surface area contributed by atoms with Crippen molar-refractivity contribution in [1.82, 2.24) is 9.88 Å². The van der Waals surface area contributed by atoms with Crippen LogP contribution < -0.4 is 0 Å². The normalized spacial score (nSPS) is 19.1. The Morgan fingerprint density at radius 1 is 1.05 bits per heavy atom. The number of amides is 1. The lowest BCUT2D eigenvalue weighted by molar-refractivity contribution is -0.180. The zero-order valence-electron chi connectivity index (χ0n) is 25.8. The SMILES string of the molecule is CC(C)=C(C(=O)OCOC(=O)C(C)(C)C)N1C(=O)[C@@H]([C@](C)(O[SiH](C)C)C(C)(C)C)[C@H]1SSc1nc2ccccc2s1. The minimum Gasteiger partial charge on any atom is -0.427 e. The molecule has 0 saturated carbocycles. The molecule has 1 aliphatic heterocycles. The smallest absolute Gasteiger partial charge is 0.357 e. The first kappa shape index (κ1) is 33.6. The fourth-order valence-electron chi connectivity index (χ4n) is 4.46. The largest absolute Gasteiger partial charge is 0.427 e. The van der Waals surface area contributed by atoms with Crippen LogP contribution in [0.4, 0.5) is 0 Å². The number of rotatable bonds is 10. The molecule has 1 aliphatic rings. The third-order valence-corrected chi connectivity index (χ3v) is 12.0. The van der Waals surface area contributed by atoms with Crippen molar-refractivity contribution < 1.29 is 28.3 Å². The first-order valence-electron chi connectivity index (χ1n) is 13.6. The average Bonchev–Trinajstić information content (AvgIpc) is 3.25. The fraction of sp³-hybridized carbons (Fsp3) is 0.586. The molecule has 1 amide bonds. The third-order valence-electron chi connectivity index (χ3n) is 7.00. The van der Waals surface area contributed by atoms with E-state index in [0.717, 1.165) is 14.6 Å². The molecule has 0 unspecified atom stereocenters. The maximum Gasteiger partial charge on any atom is 0.357 e. The van der Waals surface area contributed by atoms with Crippen molar-refractivity contribution in [3.05, 3.63) is 35.5 Å². The Balaban J connectivity index is 1.94. The zero-order chi connectivity index (χ0) is 30.9. The summed E-state index contributed by atoms with van der Waals surface area (Å²) in [6.07, 6.45) is 0. The molecule has 0 aliphatic carbocycles. The van der Waals surface area contributed by atoms with Gasteiger partial charge in [-0.25, -0.2) is 9.78 Å². The molecule has 3 rings (SSSR count). The molecule has 1 fully saturated rings. The van der Waals surface area contributed by atoms with Crippen molar-refractivity contribution in [2.24, 2.45) is 16.7 Å². The van der Waals surface area contributed by atoms with Crippen molar-refractivity contribution >= 4 is 70.0 Å². The number of carbonyl (C=O) groups excluding carboxylic acids is 3. The predicted molar refractivity (Wildman–Crippen MR) is 170 cm³/mol. The number of aromatic nitrogens is 1. The summed E-state index contributed by atoms with van der Waals surface area (Å²) < 4.78 is 19.1. The first-order valence-corrected chi connectivity index (χ1v) is 19.4. The molecule has 0 N–H and O–H groups in total. The first-order chi connectivity index (χ1) is 18.9. The van der Waals surface area contributed by atoms with E-state index in [1.54, 1.807) is 46.0 Å². The number of para-hydroxylation sites is 1. The summed E-state index contributed by atoms with van der Waals surface area (Å²) >= 11 is 1.59. The molecule has 2 heterocycles. The molecule has 2 aromatic rings. The van der Waals surface area contributed by atoms with Crippen molar-refractivity contribution in [3.8, 4) is 0 Å². The molecule has 1 aromatic heterocycles. The van der Waals surface area contributed by atoms with Crippen molar-refractivity contribution in [3.63, 3.8) is 0 Å². The molecule has 1 saturated heterocycles. The number of thiazole rings is 1. The van der Waals surface area contributed by atoms with Gasteiger partial charge < -0.3 is 13.9 Å². The fourth-order valence-corrected chi connectivity index (χ4v) is 10.0. The molecular formula is C29H42N2O6S3Si. The number of nitrogens with zero attached hydrogens (tertiary/aromatic N) is 2. The summed E-state index contributed by atoms with van der Waals surface area (Å²) in [6.45, 7) is 20.6. The number of hydrogen-bond donors (Lipinski definition) is 0. The van der Waals surface area contributed by atoms with Gasteiger partial charge in [-0.05, 0) is 88.6 Å². The highest BCUT2D eigenvalue weighted by Crippen LogP contribution is 2.55. The van der Waals surface area contributed by atoms with Crippen LogP contribution >= 0.6 is 32.9 Å². The number of likely N-dealkylation sites (tertiary alicyclic amines) is 1. The molecular weight excluding hydrogens is 597 g/mol. The second-order valence-electron chi connectivity index (χ2n) is 12.8. The number of hydrogen-bond acceptors (Lipinski definition) is 10. The minimum atomic E-state index is -1.56. The maximum atomic E-state index is 14.1. The number of β-lactam (4-membered cyclic amide) rings is 1. The summed E-state index contributed by atoms with van der Waals surface area (Å²) in [4.78, 5) is 45.8. The van der Waals surface area contributed by atoms with E-state index >= 15 is 0 Å². The summed E-state index contributed by atoms with van der Waals surface area (Å²) in [5, 5.41) is -0.425. The third kappa shape index (κ3) is 7.38. The molecule has 226 valence electrons. The Morgan fingerprint density at radius 3 is 2.22 bits per heavy atom. The number of ether oxygens (including phenoxy) is 2. The molecule has 1 aromatic carbocycles. The molecule has 0 radical (unpaired) electrons. The van der Waals surface area contributed by atoms with Crippen LogP contribution in [-0.2, 0) is 28.3 Å². The van der Waals surface area contributed by atoms with E-state index in [9.17, 15) is 14.4 Å². The van der Waals surface area contributed by atoms with E-state index in [1.807, 2.05) is 31.2 Å². The van der Waals surface area contributed by atoms with E-state index in [4.69, 9.17) is 18.9 Å². The molecule has 3 atom stereocenters. The Labute approximate surface area is 257 Å². The average molecular weight is 639 g/mol. The lowest BCUT2D eigenvalue weighted by atomic mass is 9.66. The number of allylic oxidation sites excluding steroid dienone is 1. The van der Waals surface area contributed by atoms with Gasteiger partial charge in [-0.1, -0.05) is 43.7 Å². The highest BCUT2D eigenvalue weighted by molar-refractivity contribution is 8.77. The highest BCUT2D eigenvalue weighted by Gasteiger charge is 2.63. The number of benzene rings is 1. The van der Waals surface area contributed by atoms with Gasteiger partial charge in [-0.15, -0.1) is 11.3 Å². The summed E-state index contributed by atoms with van der Waals surface area (Å²) in [5.74, 6) is -1.91.